The molecule has 0 aliphatic carbocycles. The fourth-order valence-corrected chi connectivity index (χ4v) is 1.77. The number of carbonyl (C=O) groups is 1. The van der Waals surface area contributed by atoms with Gasteiger partial charge < -0.3 is 10.1 Å². The van der Waals surface area contributed by atoms with Crippen molar-refractivity contribution >= 4 is 5.78 Å². The van der Waals surface area contributed by atoms with Gasteiger partial charge in [-0.3, -0.25) is 4.79 Å². The maximum absolute atomic E-state index is 12.2. The van der Waals surface area contributed by atoms with Crippen molar-refractivity contribution in [2.24, 2.45) is 0 Å². The Bertz CT molecular complexity index is 401. The van der Waals surface area contributed by atoms with Crippen LogP contribution in [0.4, 0.5) is 0 Å². The number of nitrogens with one attached hydrogen (secondary N) is 1. The third kappa shape index (κ3) is 4.24. The summed E-state index contributed by atoms with van der Waals surface area (Å²) in [4.78, 5) is 12.2. The molecule has 0 saturated carbocycles. The first kappa shape index (κ1) is 14.9. The van der Waals surface area contributed by atoms with Crippen LogP contribution in [0.1, 0.15) is 34.8 Å². The van der Waals surface area contributed by atoms with Crippen molar-refractivity contribution in [1.29, 1.82) is 0 Å². The molecule has 0 bridgehead atoms. The average Bonchev–Trinajstić information content (AvgIpc) is 2.37. The molecule has 0 aliphatic heterocycles. The fraction of sp³-hybridized carbons (Fsp3) is 0.533. The molecule has 1 aromatic rings. The molecule has 3 nitrogen and oxygen atoms in total. The minimum Gasteiger partial charge on any atom is -0.385 e. The summed E-state index contributed by atoms with van der Waals surface area (Å²) in [6.07, 6.45) is 0.918. The van der Waals surface area contributed by atoms with Crippen LogP contribution < -0.4 is 5.32 Å². The Kier molecular flexibility index (Phi) is 6.02. The Labute approximate surface area is 110 Å². The zero-order chi connectivity index (χ0) is 13.5. The van der Waals surface area contributed by atoms with Gasteiger partial charge in [0.15, 0.2) is 5.78 Å². The molecule has 0 amide bonds. The number of rotatable bonds is 7. The summed E-state index contributed by atoms with van der Waals surface area (Å²) in [5.74, 6) is 0.149. The summed E-state index contributed by atoms with van der Waals surface area (Å²) in [6, 6.07) is 5.72. The van der Waals surface area contributed by atoms with Gasteiger partial charge in [-0.1, -0.05) is 12.1 Å². The third-order valence-corrected chi connectivity index (χ3v) is 3.16. The van der Waals surface area contributed by atoms with Gasteiger partial charge in [0.2, 0.25) is 0 Å². The van der Waals surface area contributed by atoms with Crippen LogP contribution in [0.15, 0.2) is 18.2 Å². The molecule has 100 valence electrons. The van der Waals surface area contributed by atoms with Crippen LogP contribution in [0.3, 0.4) is 0 Å². The summed E-state index contributed by atoms with van der Waals surface area (Å²) in [6.45, 7) is 7.51. The van der Waals surface area contributed by atoms with E-state index in [0.717, 1.165) is 30.7 Å². The summed E-state index contributed by atoms with van der Waals surface area (Å²) in [5, 5.41) is 3.22. The normalized spacial score (nSPS) is 12.4. The highest BCUT2D eigenvalue weighted by molar-refractivity contribution is 6.00. The van der Waals surface area contributed by atoms with Crippen molar-refractivity contribution in [3.63, 3.8) is 0 Å². The van der Waals surface area contributed by atoms with E-state index in [4.69, 9.17) is 4.74 Å². The average molecular weight is 249 g/mol. The fourth-order valence-electron chi connectivity index (χ4n) is 1.77. The molecule has 0 aromatic heterocycles. The van der Waals surface area contributed by atoms with Gasteiger partial charge in [0, 0.05) is 19.3 Å². The maximum Gasteiger partial charge on any atom is 0.179 e. The van der Waals surface area contributed by atoms with Crippen LogP contribution in [0.25, 0.3) is 0 Å². The van der Waals surface area contributed by atoms with E-state index in [-0.39, 0.29) is 11.8 Å². The van der Waals surface area contributed by atoms with Crippen LogP contribution in [0.5, 0.6) is 0 Å². The first-order valence-electron chi connectivity index (χ1n) is 6.40. The molecule has 1 unspecified atom stereocenters. The highest BCUT2D eigenvalue weighted by atomic mass is 16.5. The molecule has 1 N–H and O–H groups in total. The number of ketones is 1. The molecule has 3 heteroatoms. The van der Waals surface area contributed by atoms with E-state index in [1.165, 1.54) is 5.56 Å². The van der Waals surface area contributed by atoms with Crippen LogP contribution in [-0.2, 0) is 4.74 Å². The lowest BCUT2D eigenvalue weighted by atomic mass is 10.0. The largest absolute Gasteiger partial charge is 0.385 e. The van der Waals surface area contributed by atoms with Crippen molar-refractivity contribution in [3.05, 3.63) is 34.9 Å². The molecule has 1 aromatic carbocycles. The highest BCUT2D eigenvalue weighted by Gasteiger charge is 2.14. The van der Waals surface area contributed by atoms with Gasteiger partial charge >= 0.3 is 0 Å². The smallest absolute Gasteiger partial charge is 0.179 e. The lowest BCUT2D eigenvalue weighted by Crippen LogP contribution is -2.35. The quantitative estimate of drug-likeness (QED) is 0.596. The number of aryl methyl sites for hydroxylation is 2. The molecule has 0 saturated heterocycles. The lowest BCUT2D eigenvalue weighted by molar-refractivity contribution is 0.0949. The second kappa shape index (κ2) is 7.29. The van der Waals surface area contributed by atoms with Gasteiger partial charge in [-0.2, -0.15) is 0 Å². The molecule has 0 spiro atoms. The number of hydrogen-bond donors (Lipinski definition) is 1. The predicted molar refractivity (Wildman–Crippen MR) is 74.2 cm³/mol. The minimum absolute atomic E-state index is 0.149. The van der Waals surface area contributed by atoms with Crippen molar-refractivity contribution in [2.75, 3.05) is 20.3 Å². The van der Waals surface area contributed by atoms with E-state index in [1.807, 2.05) is 32.0 Å². The Morgan fingerprint density at radius 3 is 2.67 bits per heavy atom. The van der Waals surface area contributed by atoms with E-state index in [0.29, 0.717) is 0 Å². The summed E-state index contributed by atoms with van der Waals surface area (Å²) >= 11 is 0. The van der Waals surface area contributed by atoms with Crippen molar-refractivity contribution in [1.82, 2.24) is 5.32 Å². The zero-order valence-electron chi connectivity index (χ0n) is 11.7. The van der Waals surface area contributed by atoms with Gasteiger partial charge in [-0.15, -0.1) is 0 Å². The van der Waals surface area contributed by atoms with Crippen LogP contribution >= 0.6 is 0 Å². The first-order valence-corrected chi connectivity index (χ1v) is 6.40. The van der Waals surface area contributed by atoms with Crippen molar-refractivity contribution in [3.8, 4) is 0 Å². The molecule has 0 radical (unpaired) electrons. The predicted octanol–water partition coefficient (Wildman–Crippen LogP) is 2.50. The molecule has 0 aliphatic rings. The summed E-state index contributed by atoms with van der Waals surface area (Å²) in [7, 11) is 1.68. The monoisotopic (exact) mass is 249 g/mol. The van der Waals surface area contributed by atoms with Gasteiger partial charge in [0.25, 0.3) is 0 Å². The number of hydrogen-bond acceptors (Lipinski definition) is 3. The van der Waals surface area contributed by atoms with Gasteiger partial charge in [-0.05, 0) is 50.9 Å². The Balaban J connectivity index is 2.54. The van der Waals surface area contributed by atoms with Crippen molar-refractivity contribution < 1.29 is 9.53 Å². The Morgan fingerprint density at radius 2 is 2.06 bits per heavy atom. The number of methoxy groups -OCH3 is 1. The second-order valence-electron chi connectivity index (χ2n) is 4.69. The topological polar surface area (TPSA) is 38.3 Å². The molecular weight excluding hydrogens is 226 g/mol. The van der Waals surface area contributed by atoms with Crippen LogP contribution in [0, 0.1) is 13.8 Å². The standard InChI is InChI=1S/C15H23NO2/c1-11-6-7-14(10-12(11)2)15(17)13(3)16-8-5-9-18-4/h6-7,10,13,16H,5,8-9H2,1-4H3. The van der Waals surface area contributed by atoms with Gasteiger partial charge in [-0.25, -0.2) is 0 Å². The number of carbonyl (C=O) groups excluding carboxylic acids is 1. The minimum atomic E-state index is -0.149. The summed E-state index contributed by atoms with van der Waals surface area (Å²) < 4.78 is 4.97. The Hall–Kier alpha value is -1.19. The van der Waals surface area contributed by atoms with Gasteiger partial charge in [0.05, 0.1) is 6.04 Å². The lowest BCUT2D eigenvalue weighted by Gasteiger charge is -2.13. The maximum atomic E-state index is 12.2. The van der Waals surface area contributed by atoms with E-state index < -0.39 is 0 Å². The number of ether oxygens (including phenoxy) is 1. The third-order valence-electron chi connectivity index (χ3n) is 3.16. The molecule has 18 heavy (non-hydrogen) atoms. The number of benzene rings is 1. The zero-order valence-corrected chi connectivity index (χ0v) is 11.7. The van der Waals surface area contributed by atoms with Gasteiger partial charge in [0.1, 0.15) is 0 Å². The molecule has 1 rings (SSSR count). The highest BCUT2D eigenvalue weighted by Crippen LogP contribution is 2.11. The Morgan fingerprint density at radius 1 is 1.33 bits per heavy atom. The van der Waals surface area contributed by atoms with E-state index in [1.54, 1.807) is 7.11 Å². The summed E-state index contributed by atoms with van der Waals surface area (Å²) in [5.41, 5.74) is 3.16. The van der Waals surface area contributed by atoms with E-state index in [9.17, 15) is 4.79 Å². The van der Waals surface area contributed by atoms with Crippen LogP contribution in [-0.4, -0.2) is 32.1 Å². The molecule has 1 atom stereocenters. The molecular formula is C15H23NO2. The van der Waals surface area contributed by atoms with Crippen LogP contribution in [0.2, 0.25) is 0 Å². The first-order chi connectivity index (χ1) is 8.56. The second-order valence-corrected chi connectivity index (χ2v) is 4.69. The molecule has 0 heterocycles. The van der Waals surface area contributed by atoms with E-state index in [2.05, 4.69) is 12.2 Å². The number of Topliss-reactive ketones (excluding diaryl/α,β-unsaturated/α-hetero) is 1. The SMILES string of the molecule is COCCCNC(C)C(=O)c1ccc(C)c(C)c1. The van der Waals surface area contributed by atoms with Crippen molar-refractivity contribution in [2.45, 2.75) is 33.2 Å². The molecule has 0 fully saturated rings. The van der Waals surface area contributed by atoms with E-state index >= 15 is 0 Å².